The van der Waals surface area contributed by atoms with Crippen LogP contribution in [-0.4, -0.2) is 67.9 Å². The summed E-state index contributed by atoms with van der Waals surface area (Å²) in [4.78, 5) is 4.31. The summed E-state index contributed by atoms with van der Waals surface area (Å²) >= 11 is 0. The molecule has 39 heavy (non-hydrogen) atoms. The molecule has 2 aliphatic heterocycles. The first-order chi connectivity index (χ1) is 19.1. The number of aromatic nitrogens is 7. The highest BCUT2D eigenvalue weighted by atomic mass is 19.2. The predicted octanol–water partition coefficient (Wildman–Crippen LogP) is 3.18. The van der Waals surface area contributed by atoms with Crippen molar-refractivity contribution in [2.24, 2.45) is 5.92 Å². The van der Waals surface area contributed by atoms with Crippen LogP contribution in [-0.2, 0) is 4.74 Å². The maximum Gasteiger partial charge on any atom is 0.202 e. The van der Waals surface area contributed by atoms with E-state index in [0.717, 1.165) is 54.6 Å². The number of nitrogens with one attached hydrogen (secondary N) is 1. The fourth-order valence-corrected chi connectivity index (χ4v) is 5.06. The second-order valence-electron chi connectivity index (χ2n) is 9.83. The molecule has 0 aliphatic carbocycles. The lowest BCUT2D eigenvalue weighted by Crippen LogP contribution is -2.19. The van der Waals surface area contributed by atoms with Crippen molar-refractivity contribution in [1.29, 1.82) is 0 Å². The third-order valence-electron chi connectivity index (χ3n) is 7.33. The van der Waals surface area contributed by atoms with Gasteiger partial charge in [0.05, 0.1) is 24.4 Å². The van der Waals surface area contributed by atoms with Gasteiger partial charge in [-0.2, -0.15) is 14.2 Å². The van der Waals surface area contributed by atoms with Crippen LogP contribution < -0.4 is 15.8 Å². The third-order valence-corrected chi connectivity index (χ3v) is 7.33. The Hall–Kier alpha value is -3.97. The van der Waals surface area contributed by atoms with E-state index >= 15 is 4.39 Å². The maximum atomic E-state index is 15.2. The van der Waals surface area contributed by atoms with Gasteiger partial charge < -0.3 is 20.5 Å². The van der Waals surface area contributed by atoms with E-state index in [2.05, 4.69) is 30.9 Å². The summed E-state index contributed by atoms with van der Waals surface area (Å²) in [6, 6.07) is 4.80. The second-order valence-corrected chi connectivity index (χ2v) is 9.83. The number of hydrogen-bond donors (Lipinski definition) is 2. The molecule has 1 atom stereocenters. The zero-order valence-electron chi connectivity index (χ0n) is 21.3. The van der Waals surface area contributed by atoms with Gasteiger partial charge >= 0.3 is 0 Å². The Morgan fingerprint density at radius 3 is 2.79 bits per heavy atom. The average Bonchev–Trinajstić information content (AvgIpc) is 3.75. The molecule has 1 aromatic carbocycles. The number of ether oxygens (including phenoxy) is 2. The van der Waals surface area contributed by atoms with Gasteiger partial charge in [0, 0.05) is 36.7 Å². The summed E-state index contributed by atoms with van der Waals surface area (Å²) in [5.41, 5.74) is 7.96. The number of hydrogen-bond acceptors (Lipinski definition) is 9. The van der Waals surface area contributed by atoms with Crippen molar-refractivity contribution in [2.45, 2.75) is 31.7 Å². The van der Waals surface area contributed by atoms with E-state index in [0.29, 0.717) is 31.3 Å². The molecule has 0 amide bonds. The van der Waals surface area contributed by atoms with Crippen LogP contribution in [0.5, 0.6) is 5.75 Å². The molecule has 4 aromatic rings. The lowest BCUT2D eigenvalue weighted by atomic mass is 10.1. The van der Waals surface area contributed by atoms with Gasteiger partial charge in [0.25, 0.3) is 0 Å². The minimum Gasteiger partial charge on any atom is -0.490 e. The molecule has 2 aliphatic rings. The van der Waals surface area contributed by atoms with Crippen LogP contribution in [0.1, 0.15) is 31.7 Å². The molecule has 11 nitrogen and oxygen atoms in total. The highest BCUT2D eigenvalue weighted by Crippen LogP contribution is 2.32. The van der Waals surface area contributed by atoms with E-state index in [-0.39, 0.29) is 29.1 Å². The SMILES string of the molecule is Nc1ncc(-c2cnn(C3CCOCC3)c2)cc1-c1nnnn1-c1ccc(OCCC2CCNC2)c(F)c1F. The van der Waals surface area contributed by atoms with Crippen molar-refractivity contribution < 1.29 is 18.3 Å². The van der Waals surface area contributed by atoms with Crippen molar-refractivity contribution in [2.75, 3.05) is 38.6 Å². The molecule has 204 valence electrons. The summed E-state index contributed by atoms with van der Waals surface area (Å²) in [5, 5.41) is 19.4. The number of benzene rings is 1. The molecule has 1 unspecified atom stereocenters. The fraction of sp³-hybridized carbons (Fsp3) is 0.423. The van der Waals surface area contributed by atoms with Gasteiger partial charge in [0.2, 0.25) is 5.82 Å². The molecule has 2 fully saturated rings. The molecule has 5 heterocycles. The molecule has 0 radical (unpaired) electrons. The Bertz CT molecular complexity index is 1450. The molecule has 0 spiro atoms. The lowest BCUT2D eigenvalue weighted by Gasteiger charge is -2.22. The van der Waals surface area contributed by atoms with Gasteiger partial charge in [-0.15, -0.1) is 5.10 Å². The zero-order chi connectivity index (χ0) is 26.8. The van der Waals surface area contributed by atoms with Crippen LogP contribution in [0, 0.1) is 17.6 Å². The number of anilines is 1. The van der Waals surface area contributed by atoms with E-state index in [4.69, 9.17) is 15.2 Å². The van der Waals surface area contributed by atoms with Crippen molar-refractivity contribution in [1.82, 2.24) is 40.3 Å². The van der Waals surface area contributed by atoms with Crippen molar-refractivity contribution in [3.05, 3.63) is 48.4 Å². The minimum atomic E-state index is -1.12. The monoisotopic (exact) mass is 537 g/mol. The van der Waals surface area contributed by atoms with E-state index in [1.807, 2.05) is 10.9 Å². The molecular weight excluding hydrogens is 508 g/mol. The minimum absolute atomic E-state index is 0.124. The topological polar surface area (TPSA) is 131 Å². The molecule has 13 heteroatoms. The van der Waals surface area contributed by atoms with E-state index < -0.39 is 11.6 Å². The Morgan fingerprint density at radius 2 is 1.97 bits per heavy atom. The molecule has 2 saturated heterocycles. The summed E-state index contributed by atoms with van der Waals surface area (Å²) < 4.78 is 44.2. The number of pyridine rings is 1. The molecule has 6 rings (SSSR count). The third kappa shape index (κ3) is 5.19. The summed E-state index contributed by atoms with van der Waals surface area (Å²) in [7, 11) is 0. The van der Waals surface area contributed by atoms with Crippen molar-refractivity contribution in [3.63, 3.8) is 0 Å². The summed E-state index contributed by atoms with van der Waals surface area (Å²) in [6.07, 6.45) is 8.95. The molecule has 3 N–H and O–H groups in total. The van der Waals surface area contributed by atoms with Gasteiger partial charge in [0.1, 0.15) is 11.5 Å². The quantitative estimate of drug-likeness (QED) is 0.348. The van der Waals surface area contributed by atoms with Gasteiger partial charge in [0.15, 0.2) is 17.4 Å². The van der Waals surface area contributed by atoms with Crippen LogP contribution in [0.25, 0.3) is 28.2 Å². The second kappa shape index (κ2) is 11.0. The van der Waals surface area contributed by atoms with Crippen LogP contribution in [0.2, 0.25) is 0 Å². The number of halogens is 2. The number of tetrazole rings is 1. The molecular formula is C26H29F2N9O2. The zero-order valence-corrected chi connectivity index (χ0v) is 21.3. The van der Waals surface area contributed by atoms with Crippen LogP contribution in [0.15, 0.2) is 36.8 Å². The van der Waals surface area contributed by atoms with Crippen molar-refractivity contribution in [3.8, 4) is 34.0 Å². The number of rotatable bonds is 8. The normalized spacial score (nSPS) is 18.1. The lowest BCUT2D eigenvalue weighted by molar-refractivity contribution is 0.0662. The largest absolute Gasteiger partial charge is 0.490 e. The van der Waals surface area contributed by atoms with Gasteiger partial charge in [-0.05, 0) is 73.3 Å². The highest BCUT2D eigenvalue weighted by molar-refractivity contribution is 5.76. The van der Waals surface area contributed by atoms with Crippen LogP contribution >= 0.6 is 0 Å². The molecule has 0 saturated carbocycles. The maximum absolute atomic E-state index is 15.2. The Labute approximate surface area is 223 Å². The molecule has 3 aromatic heterocycles. The molecule has 0 bridgehead atoms. The van der Waals surface area contributed by atoms with E-state index in [9.17, 15) is 4.39 Å². The van der Waals surface area contributed by atoms with Gasteiger partial charge in [-0.3, -0.25) is 4.68 Å². The Morgan fingerprint density at radius 1 is 1.10 bits per heavy atom. The first kappa shape index (κ1) is 25.3. The van der Waals surface area contributed by atoms with Crippen LogP contribution in [0.3, 0.4) is 0 Å². The van der Waals surface area contributed by atoms with Gasteiger partial charge in [-0.1, -0.05) is 0 Å². The van der Waals surface area contributed by atoms with Crippen LogP contribution in [0.4, 0.5) is 14.6 Å². The standard InChI is InChI=1S/C26H29F2N9O2/c27-23-21(1-2-22(24(23)28)39-10-4-16-3-7-30-12-16)37-26(33-34-35-37)20-11-17(13-31-25(20)29)18-14-32-36(15-18)19-5-8-38-9-6-19/h1-2,11,13-16,19,30H,3-10,12H2,(H2,29,31). The van der Waals surface area contributed by atoms with E-state index in [1.54, 1.807) is 18.5 Å². The highest BCUT2D eigenvalue weighted by Gasteiger charge is 2.23. The first-order valence-corrected chi connectivity index (χ1v) is 13.1. The van der Waals surface area contributed by atoms with E-state index in [1.165, 1.54) is 12.1 Å². The Balaban J connectivity index is 1.25. The summed E-state index contributed by atoms with van der Waals surface area (Å²) in [5.74, 6) is -1.62. The van der Waals surface area contributed by atoms with Gasteiger partial charge in [-0.25, -0.2) is 9.37 Å². The average molecular weight is 538 g/mol. The summed E-state index contributed by atoms with van der Waals surface area (Å²) in [6.45, 7) is 3.60. The first-order valence-electron chi connectivity index (χ1n) is 13.1. The predicted molar refractivity (Wildman–Crippen MR) is 138 cm³/mol. The Kier molecular flexibility index (Phi) is 7.16. The number of nitrogen functional groups attached to an aromatic ring is 1. The smallest absolute Gasteiger partial charge is 0.202 e. The van der Waals surface area contributed by atoms with Crippen molar-refractivity contribution >= 4 is 5.82 Å². The fourth-order valence-electron chi connectivity index (χ4n) is 5.06. The number of nitrogens with two attached hydrogens (primary N) is 1. The number of nitrogens with zero attached hydrogens (tertiary/aromatic N) is 7.